The van der Waals surface area contributed by atoms with Gasteiger partial charge in [-0.3, -0.25) is 4.79 Å². The Balaban J connectivity index is 3.03. The van der Waals surface area contributed by atoms with Crippen molar-refractivity contribution in [1.29, 1.82) is 0 Å². The minimum absolute atomic E-state index is 0.180. The summed E-state index contributed by atoms with van der Waals surface area (Å²) in [6.45, 7) is 8.06. The second-order valence-corrected chi connectivity index (χ2v) is 6.24. The monoisotopic (exact) mass is 317 g/mol. The second-order valence-electron chi connectivity index (χ2n) is 6.24. The lowest BCUT2D eigenvalue weighted by atomic mass is 9.78. The first-order valence-electron chi connectivity index (χ1n) is 7.58. The van der Waals surface area contributed by atoms with E-state index in [4.69, 9.17) is 10.3 Å². The van der Waals surface area contributed by atoms with Gasteiger partial charge in [0.15, 0.2) is 0 Å². The Hall–Kier alpha value is -2.33. The summed E-state index contributed by atoms with van der Waals surface area (Å²) in [4.78, 5) is 25.6. The van der Waals surface area contributed by atoms with Gasteiger partial charge in [0.25, 0.3) is 0 Å². The smallest absolute Gasteiger partial charge is 0.311 e. The third-order valence-electron chi connectivity index (χ3n) is 3.64. The van der Waals surface area contributed by atoms with Gasteiger partial charge in [0.05, 0.1) is 0 Å². The van der Waals surface area contributed by atoms with Crippen LogP contribution in [0.4, 0.5) is 0 Å². The van der Waals surface area contributed by atoms with E-state index in [-0.39, 0.29) is 18.9 Å². The van der Waals surface area contributed by atoms with Crippen LogP contribution in [-0.4, -0.2) is 18.8 Å². The van der Waals surface area contributed by atoms with Crippen molar-refractivity contribution in [2.45, 2.75) is 52.4 Å². The van der Waals surface area contributed by atoms with Crippen molar-refractivity contribution < 1.29 is 14.3 Å². The molecule has 1 rings (SSSR count). The van der Waals surface area contributed by atoms with Gasteiger partial charge in [-0.1, -0.05) is 25.0 Å². The van der Waals surface area contributed by atoms with Crippen LogP contribution in [0.25, 0.3) is 10.4 Å². The highest BCUT2D eigenvalue weighted by Gasteiger charge is 2.27. The summed E-state index contributed by atoms with van der Waals surface area (Å²) in [6, 6.07) is 3.83. The zero-order chi connectivity index (χ0) is 17.5. The zero-order valence-corrected chi connectivity index (χ0v) is 14.1. The topological polar surface area (TPSA) is 92.1 Å². The average Bonchev–Trinajstić information content (AvgIpc) is 2.42. The number of azide groups is 1. The summed E-state index contributed by atoms with van der Waals surface area (Å²) in [5.74, 6) is 0.134. The van der Waals surface area contributed by atoms with Crippen LogP contribution < -0.4 is 4.74 Å². The first-order valence-corrected chi connectivity index (χ1v) is 7.58. The third-order valence-corrected chi connectivity index (χ3v) is 3.64. The molecule has 0 aliphatic carbocycles. The fourth-order valence-electron chi connectivity index (χ4n) is 2.70. The average molecular weight is 317 g/mol. The van der Waals surface area contributed by atoms with E-state index in [1.165, 1.54) is 0 Å². The standard InChI is InChI=1S/C17H23N3O3/c1-12-10-13(2)16(17(3,4)7-9-21)14(11-12)23-15(22)6-5-8-19-20-18/h9-11H,5-8H2,1-4H3. The predicted molar refractivity (Wildman–Crippen MR) is 88.5 cm³/mol. The van der Waals surface area contributed by atoms with E-state index in [1.807, 2.05) is 39.8 Å². The lowest BCUT2D eigenvalue weighted by Crippen LogP contribution is -2.22. The predicted octanol–water partition coefficient (Wildman–Crippen LogP) is 4.17. The molecule has 23 heavy (non-hydrogen) atoms. The largest absolute Gasteiger partial charge is 0.426 e. The molecular weight excluding hydrogens is 294 g/mol. The Morgan fingerprint density at radius 1 is 1.39 bits per heavy atom. The molecule has 0 radical (unpaired) electrons. The molecule has 0 spiro atoms. The fraction of sp³-hybridized carbons (Fsp3) is 0.529. The molecule has 0 aliphatic rings. The van der Waals surface area contributed by atoms with Gasteiger partial charge in [-0.15, -0.1) is 0 Å². The van der Waals surface area contributed by atoms with E-state index >= 15 is 0 Å². The molecule has 6 nitrogen and oxygen atoms in total. The number of aldehydes is 1. The number of nitrogens with zero attached hydrogens (tertiary/aromatic N) is 3. The Morgan fingerprint density at radius 3 is 2.70 bits per heavy atom. The lowest BCUT2D eigenvalue weighted by molar-refractivity contribution is -0.134. The number of ether oxygens (including phenoxy) is 1. The molecule has 0 atom stereocenters. The quantitative estimate of drug-likeness (QED) is 0.137. The van der Waals surface area contributed by atoms with Gasteiger partial charge in [-0.25, -0.2) is 0 Å². The van der Waals surface area contributed by atoms with Crippen molar-refractivity contribution in [3.8, 4) is 5.75 Å². The number of rotatable bonds is 8. The number of carbonyl (C=O) groups excluding carboxylic acids is 2. The molecule has 0 saturated carbocycles. The summed E-state index contributed by atoms with van der Waals surface area (Å²) in [6.07, 6.45) is 1.85. The number of carbonyl (C=O) groups is 2. The SMILES string of the molecule is Cc1cc(C)c(C(C)(C)CC=O)c(OC(=O)CCCN=[N+]=[N-])c1. The minimum Gasteiger partial charge on any atom is -0.426 e. The summed E-state index contributed by atoms with van der Waals surface area (Å²) >= 11 is 0. The van der Waals surface area contributed by atoms with E-state index in [2.05, 4.69) is 10.0 Å². The van der Waals surface area contributed by atoms with E-state index in [9.17, 15) is 9.59 Å². The molecule has 0 aliphatic heterocycles. The minimum atomic E-state index is -0.416. The van der Waals surface area contributed by atoms with Gasteiger partial charge in [-0.05, 0) is 43.0 Å². The first kappa shape index (κ1) is 18.7. The molecule has 1 aromatic rings. The zero-order valence-electron chi connectivity index (χ0n) is 14.1. The van der Waals surface area contributed by atoms with Crippen molar-refractivity contribution in [2.24, 2.45) is 5.11 Å². The van der Waals surface area contributed by atoms with E-state index < -0.39 is 5.41 Å². The molecular formula is C17H23N3O3. The Labute approximate surface area is 136 Å². The third kappa shape index (κ3) is 5.42. The number of hydrogen-bond donors (Lipinski definition) is 0. The van der Waals surface area contributed by atoms with Crippen molar-refractivity contribution in [3.63, 3.8) is 0 Å². The maximum atomic E-state index is 12.0. The highest BCUT2D eigenvalue weighted by Crippen LogP contribution is 2.37. The number of hydrogen-bond acceptors (Lipinski definition) is 4. The maximum Gasteiger partial charge on any atom is 0.311 e. The molecule has 0 fully saturated rings. The van der Waals surface area contributed by atoms with Crippen LogP contribution in [0.15, 0.2) is 17.2 Å². The van der Waals surface area contributed by atoms with Gasteiger partial charge >= 0.3 is 5.97 Å². The normalized spacial score (nSPS) is 10.8. The van der Waals surface area contributed by atoms with Gasteiger partial charge in [0.1, 0.15) is 12.0 Å². The summed E-state index contributed by atoms with van der Waals surface area (Å²) in [7, 11) is 0. The van der Waals surface area contributed by atoms with Crippen LogP contribution in [0.2, 0.25) is 0 Å². The molecule has 0 bridgehead atoms. The van der Waals surface area contributed by atoms with Crippen molar-refractivity contribution >= 4 is 12.3 Å². The summed E-state index contributed by atoms with van der Waals surface area (Å²) in [5.41, 5.74) is 10.7. The molecule has 1 aromatic carbocycles. The van der Waals surface area contributed by atoms with Gasteiger partial charge < -0.3 is 9.53 Å². The van der Waals surface area contributed by atoms with E-state index in [0.717, 1.165) is 23.0 Å². The summed E-state index contributed by atoms with van der Waals surface area (Å²) < 4.78 is 5.53. The second kappa shape index (κ2) is 8.34. The van der Waals surface area contributed by atoms with Gasteiger partial charge in [-0.2, -0.15) is 0 Å². The highest BCUT2D eigenvalue weighted by atomic mass is 16.5. The molecule has 0 amide bonds. The van der Waals surface area contributed by atoms with E-state index in [0.29, 0.717) is 18.6 Å². The summed E-state index contributed by atoms with van der Waals surface area (Å²) in [5, 5.41) is 3.39. The van der Waals surface area contributed by atoms with Crippen LogP contribution >= 0.6 is 0 Å². The number of esters is 1. The Bertz CT molecular complexity index is 632. The molecule has 0 aromatic heterocycles. The molecule has 0 heterocycles. The van der Waals surface area contributed by atoms with Crippen molar-refractivity contribution in [2.75, 3.05) is 6.54 Å². The number of benzene rings is 1. The molecule has 0 unspecified atom stereocenters. The number of aryl methyl sites for hydroxylation is 2. The molecule has 0 N–H and O–H groups in total. The fourth-order valence-corrected chi connectivity index (χ4v) is 2.70. The van der Waals surface area contributed by atoms with Crippen LogP contribution in [-0.2, 0) is 15.0 Å². The first-order chi connectivity index (χ1) is 10.8. The van der Waals surface area contributed by atoms with Crippen molar-refractivity contribution in [1.82, 2.24) is 0 Å². The lowest BCUT2D eigenvalue weighted by Gasteiger charge is -2.27. The molecule has 0 saturated heterocycles. The van der Waals surface area contributed by atoms with Gasteiger partial charge in [0.2, 0.25) is 0 Å². The molecule has 124 valence electrons. The maximum absolute atomic E-state index is 12.0. The van der Waals surface area contributed by atoms with Crippen LogP contribution in [0.1, 0.15) is 49.8 Å². The Morgan fingerprint density at radius 2 is 2.09 bits per heavy atom. The van der Waals surface area contributed by atoms with Crippen LogP contribution in [0, 0.1) is 13.8 Å². The van der Waals surface area contributed by atoms with Crippen molar-refractivity contribution in [3.05, 3.63) is 39.3 Å². The molecule has 6 heteroatoms. The van der Waals surface area contributed by atoms with E-state index in [1.54, 1.807) is 0 Å². The van der Waals surface area contributed by atoms with Crippen LogP contribution in [0.5, 0.6) is 5.75 Å². The Kier molecular flexibility index (Phi) is 6.79. The van der Waals surface area contributed by atoms with Crippen LogP contribution in [0.3, 0.4) is 0 Å². The highest BCUT2D eigenvalue weighted by molar-refractivity contribution is 5.73. The van der Waals surface area contributed by atoms with Gasteiger partial charge in [0, 0.05) is 35.3 Å².